The summed E-state index contributed by atoms with van der Waals surface area (Å²) in [6.07, 6.45) is 4.25. The van der Waals surface area contributed by atoms with Crippen LogP contribution in [-0.4, -0.2) is 31.5 Å². The Morgan fingerprint density at radius 1 is 0.333 bits per heavy atom. The Morgan fingerprint density at radius 2 is 0.600 bits per heavy atom. The van der Waals surface area contributed by atoms with Gasteiger partial charge in [0, 0.05) is 48.8 Å². The third kappa shape index (κ3) is 10.5. The smallest absolute Gasteiger partial charge is 0.254 e. The van der Waals surface area contributed by atoms with Crippen LogP contribution < -0.4 is 0 Å². The Morgan fingerprint density at radius 3 is 0.893 bits per heavy atom. The van der Waals surface area contributed by atoms with E-state index in [1.807, 2.05) is 24.3 Å². The van der Waals surface area contributed by atoms with Crippen molar-refractivity contribution in [3.8, 4) is 44.5 Å². The van der Waals surface area contributed by atoms with Crippen LogP contribution in [0.25, 0.3) is 78.7 Å². The number of nitrogens with zero attached hydrogens (tertiary/aromatic N) is 2. The Kier molecular flexibility index (Phi) is 13.1. The SMILES string of the molecule is CC(C)(C)c1cc(-c2c3nc(c(-c4ccc(Br)cc4)c4ccc([nH]4)c(-c4cc(C(C)(C)C)cc(C(C)(C)C)c4)c4nc(c(-c5cc(C(C)(C)C)cc(C(C)(C)C)c5)c5ccc2[nH]5)C(=O)C4=O)C=C3)cc(C(C)(C)C)c1. The molecule has 3 aromatic heterocycles. The molecule has 5 heterocycles. The minimum atomic E-state index is -0.647. The van der Waals surface area contributed by atoms with Crippen molar-refractivity contribution in [3.63, 3.8) is 0 Å². The molecule has 2 aliphatic rings. The van der Waals surface area contributed by atoms with Crippen LogP contribution in [0.1, 0.15) is 190 Å². The van der Waals surface area contributed by atoms with Gasteiger partial charge in [-0.15, -0.1) is 0 Å². The summed E-state index contributed by atoms with van der Waals surface area (Å²) < 4.78 is 0.962. The number of H-pyrrole nitrogens is 2. The highest BCUT2D eigenvalue weighted by Gasteiger charge is 2.36. The molecule has 75 heavy (non-hydrogen) atoms. The van der Waals surface area contributed by atoms with E-state index in [4.69, 9.17) is 9.97 Å². The summed E-state index contributed by atoms with van der Waals surface area (Å²) >= 11 is 3.69. The molecule has 8 bridgehead atoms. The molecule has 4 aromatic carbocycles. The van der Waals surface area contributed by atoms with Crippen molar-refractivity contribution in [1.82, 2.24) is 19.9 Å². The van der Waals surface area contributed by atoms with Crippen molar-refractivity contribution in [1.29, 1.82) is 0 Å². The van der Waals surface area contributed by atoms with Crippen LogP contribution in [-0.2, 0) is 32.5 Å². The summed E-state index contributed by atoms with van der Waals surface area (Å²) in [4.78, 5) is 49.5. The zero-order valence-corrected chi connectivity index (χ0v) is 49.1. The first-order valence-electron chi connectivity index (χ1n) is 26.5. The second-order valence-electron chi connectivity index (χ2n) is 27.2. The second kappa shape index (κ2) is 18.4. The van der Waals surface area contributed by atoms with Gasteiger partial charge in [-0.2, -0.15) is 0 Å². The molecule has 2 N–H and O–H groups in total. The maximum Gasteiger partial charge on any atom is 0.254 e. The maximum atomic E-state index is 15.4. The van der Waals surface area contributed by atoms with E-state index in [2.05, 4.69) is 242 Å². The van der Waals surface area contributed by atoms with Gasteiger partial charge in [-0.1, -0.05) is 207 Å². The maximum absolute atomic E-state index is 15.4. The van der Waals surface area contributed by atoms with Crippen LogP contribution in [0.2, 0.25) is 0 Å². The van der Waals surface area contributed by atoms with E-state index in [1.54, 1.807) is 0 Å². The van der Waals surface area contributed by atoms with E-state index in [1.165, 1.54) is 11.1 Å². The molecule has 7 heteroatoms. The molecule has 386 valence electrons. The largest absolute Gasteiger partial charge is 0.354 e. The van der Waals surface area contributed by atoms with Gasteiger partial charge < -0.3 is 9.97 Å². The third-order valence-corrected chi connectivity index (χ3v) is 15.5. The van der Waals surface area contributed by atoms with Crippen molar-refractivity contribution in [2.45, 2.75) is 157 Å². The molecule has 6 nitrogen and oxygen atoms in total. The van der Waals surface area contributed by atoms with E-state index in [9.17, 15) is 0 Å². The molecule has 0 spiro atoms. The minimum absolute atomic E-state index is 0.105. The lowest BCUT2D eigenvalue weighted by Crippen LogP contribution is -2.17. The molecule has 2 aliphatic heterocycles. The summed E-state index contributed by atoms with van der Waals surface area (Å²) in [6.45, 7) is 40.1. The molecular formula is C68H75BrN4O2. The predicted octanol–water partition coefficient (Wildman–Crippen LogP) is 18.8. The van der Waals surface area contributed by atoms with Crippen molar-refractivity contribution in [3.05, 3.63) is 164 Å². The van der Waals surface area contributed by atoms with Crippen molar-refractivity contribution in [2.24, 2.45) is 0 Å². The van der Waals surface area contributed by atoms with Crippen LogP contribution in [0.15, 0.2) is 108 Å². The lowest BCUT2D eigenvalue weighted by atomic mass is 9.78. The van der Waals surface area contributed by atoms with Crippen molar-refractivity contribution >= 4 is 61.7 Å². The average Bonchev–Trinajstić information content (AvgIpc) is 4.13. The van der Waals surface area contributed by atoms with E-state index < -0.39 is 11.6 Å². The standard InChI is InChI=1S/C68H75BrN4O2/c1-63(2,3)42-29-39(30-43(35-42)64(4,5)6)56-51-24-23-49(70-51)55(38-19-21-48(69)22-20-38)50-25-27-53(71-50)57(40-31-44(65(7,8)9)36-45(32-40)66(10,11)12)59-61(74)62(75)60(73-59)58(54-28-26-52(56)72-54)41-33-46(67(13,14)15)37-47(34-41)68(16,17)18/h19-37,71-72H,1-18H3. The molecule has 0 atom stereocenters. The quantitative estimate of drug-likeness (QED) is 0.172. The first-order valence-corrected chi connectivity index (χ1v) is 27.3. The molecule has 0 saturated heterocycles. The van der Waals surface area contributed by atoms with Gasteiger partial charge in [0.15, 0.2) is 0 Å². The number of carbonyl (C=O) groups is 2. The first kappa shape index (κ1) is 53.4. The zero-order valence-electron chi connectivity index (χ0n) is 47.6. The summed E-state index contributed by atoms with van der Waals surface area (Å²) in [6, 6.07) is 36.8. The van der Waals surface area contributed by atoms with E-state index in [0.717, 1.165) is 82.5 Å². The summed E-state index contributed by atoms with van der Waals surface area (Å²) in [5, 5.41) is 0. The fourth-order valence-corrected chi connectivity index (χ4v) is 10.3. The highest BCUT2D eigenvalue weighted by atomic mass is 79.9. The van der Waals surface area contributed by atoms with E-state index >= 15 is 9.59 Å². The van der Waals surface area contributed by atoms with Crippen LogP contribution in [0.4, 0.5) is 0 Å². The monoisotopic (exact) mass is 1060 g/mol. The highest BCUT2D eigenvalue weighted by Crippen LogP contribution is 2.44. The Bertz CT molecular complexity index is 3590. The van der Waals surface area contributed by atoms with E-state index in [0.29, 0.717) is 22.2 Å². The zero-order chi connectivity index (χ0) is 54.7. The summed E-state index contributed by atoms with van der Waals surface area (Å²) in [5.74, 6) is -1.29. The van der Waals surface area contributed by atoms with Crippen LogP contribution in [0.5, 0.6) is 0 Å². The Balaban J connectivity index is 1.56. The molecule has 0 saturated carbocycles. The third-order valence-electron chi connectivity index (χ3n) is 14.9. The Labute approximate surface area is 454 Å². The average molecular weight is 1060 g/mol. The normalized spacial score (nSPS) is 13.8. The van der Waals surface area contributed by atoms with Gasteiger partial charge in [-0.3, -0.25) is 9.59 Å². The fraction of sp³-hybridized carbons (Fsp3) is 0.353. The molecule has 0 fully saturated rings. The minimum Gasteiger partial charge on any atom is -0.354 e. The lowest BCUT2D eigenvalue weighted by molar-refractivity contribution is 0.0826. The number of carbonyl (C=O) groups excluding carboxylic acids is 2. The number of hydrogen-bond acceptors (Lipinski definition) is 4. The van der Waals surface area contributed by atoms with Gasteiger partial charge in [0.1, 0.15) is 11.4 Å². The highest BCUT2D eigenvalue weighted by molar-refractivity contribution is 9.10. The van der Waals surface area contributed by atoms with Crippen LogP contribution in [0, 0.1) is 0 Å². The molecule has 7 aromatic rings. The predicted molar refractivity (Wildman–Crippen MR) is 320 cm³/mol. The molecule has 0 aliphatic carbocycles. The topological polar surface area (TPSA) is 91.5 Å². The summed E-state index contributed by atoms with van der Waals surface area (Å²) in [7, 11) is 0. The number of nitrogens with one attached hydrogen (secondary N) is 2. The second-order valence-corrected chi connectivity index (χ2v) is 28.1. The van der Waals surface area contributed by atoms with Crippen LogP contribution in [0.3, 0.4) is 0 Å². The number of fused-ring (bicyclic) bond motifs is 8. The van der Waals surface area contributed by atoms with Crippen molar-refractivity contribution < 1.29 is 9.59 Å². The van der Waals surface area contributed by atoms with Crippen LogP contribution >= 0.6 is 15.9 Å². The van der Waals surface area contributed by atoms with Gasteiger partial charge in [-0.25, -0.2) is 9.97 Å². The van der Waals surface area contributed by atoms with Gasteiger partial charge in [0.05, 0.1) is 11.4 Å². The number of Topliss-reactive ketones (excluding diaryl/α,β-unsaturated/α-hetero) is 2. The van der Waals surface area contributed by atoms with Gasteiger partial charge in [0.25, 0.3) is 11.6 Å². The van der Waals surface area contributed by atoms with Gasteiger partial charge in [-0.05, 0) is 137 Å². The summed E-state index contributed by atoms with van der Waals surface area (Å²) in [5.41, 5.74) is 17.0. The van der Waals surface area contributed by atoms with Crippen molar-refractivity contribution in [2.75, 3.05) is 0 Å². The number of aromatic amines is 2. The molecular weight excluding hydrogens is 985 g/mol. The first-order chi connectivity index (χ1) is 34.7. The van der Waals surface area contributed by atoms with Gasteiger partial charge >= 0.3 is 0 Å². The molecule has 0 unspecified atom stereocenters. The molecule has 0 radical (unpaired) electrons. The fourth-order valence-electron chi connectivity index (χ4n) is 10.0. The van der Waals surface area contributed by atoms with E-state index in [-0.39, 0.29) is 43.9 Å². The Hall–Kier alpha value is -6.44. The molecule has 9 rings (SSSR count). The number of benzene rings is 4. The number of halogens is 1. The number of hydrogen-bond donors (Lipinski definition) is 2. The number of aromatic nitrogens is 4. The number of rotatable bonds is 4. The number of ketones is 2. The molecule has 0 amide bonds. The lowest BCUT2D eigenvalue weighted by Gasteiger charge is -2.26. The van der Waals surface area contributed by atoms with Gasteiger partial charge in [0.2, 0.25) is 0 Å².